The fourth-order valence-corrected chi connectivity index (χ4v) is 5.82. The van der Waals surface area contributed by atoms with Crippen LogP contribution in [-0.4, -0.2) is 51.9 Å². The number of alkyl halides is 3. The first-order chi connectivity index (χ1) is 20.1. The number of carbonyl (C=O) groups excluding carboxylic acids is 2. The fraction of sp³-hybridized carbons (Fsp3) is 0.267. The van der Waals surface area contributed by atoms with Gasteiger partial charge in [-0.3, -0.25) is 9.59 Å². The summed E-state index contributed by atoms with van der Waals surface area (Å²) < 4.78 is 55.1. The second kappa shape index (κ2) is 10.6. The third-order valence-electron chi connectivity index (χ3n) is 7.80. The van der Waals surface area contributed by atoms with Gasteiger partial charge in [-0.1, -0.05) is 30.3 Å². The van der Waals surface area contributed by atoms with Gasteiger partial charge in [0.25, 0.3) is 11.7 Å². The number of nitrogens with zero attached hydrogens (tertiary/aromatic N) is 5. The lowest BCUT2D eigenvalue weighted by molar-refractivity contribution is -0.143. The number of aromatic nitrogens is 3. The Morgan fingerprint density at radius 2 is 1.74 bits per heavy atom. The average molecular weight is 579 g/mol. The molecule has 0 aliphatic carbocycles. The summed E-state index contributed by atoms with van der Waals surface area (Å²) in [5, 5.41) is 2.59. The minimum atomic E-state index is -4.71. The molecule has 4 aromatic rings. The fourth-order valence-electron chi connectivity index (χ4n) is 5.82. The number of anilines is 3. The van der Waals surface area contributed by atoms with Gasteiger partial charge in [-0.2, -0.15) is 13.2 Å². The van der Waals surface area contributed by atoms with Crippen molar-refractivity contribution in [1.82, 2.24) is 14.5 Å². The molecule has 4 heterocycles. The van der Waals surface area contributed by atoms with E-state index in [1.54, 1.807) is 42.5 Å². The number of ketones is 1. The van der Waals surface area contributed by atoms with Crippen LogP contribution in [-0.2, 0) is 24.4 Å². The maximum atomic E-state index is 13.7. The Morgan fingerprint density at radius 1 is 1.00 bits per heavy atom. The van der Waals surface area contributed by atoms with Gasteiger partial charge in [0.1, 0.15) is 11.4 Å². The summed E-state index contributed by atoms with van der Waals surface area (Å²) >= 11 is 0. The van der Waals surface area contributed by atoms with E-state index in [1.807, 2.05) is 11.0 Å². The maximum absolute atomic E-state index is 13.7. The van der Waals surface area contributed by atoms with Gasteiger partial charge in [0, 0.05) is 49.7 Å². The van der Waals surface area contributed by atoms with E-state index < -0.39 is 29.4 Å². The number of fused-ring (bicyclic) bond motifs is 3. The Balaban J connectivity index is 1.20. The molecule has 0 bridgehead atoms. The molecular weight excluding hydrogens is 552 g/mol. The van der Waals surface area contributed by atoms with Crippen molar-refractivity contribution in [3.05, 3.63) is 89.8 Å². The maximum Gasteiger partial charge on any atom is 0.431 e. The van der Waals surface area contributed by atoms with Crippen LogP contribution in [0.15, 0.2) is 67.0 Å². The van der Waals surface area contributed by atoms with Crippen molar-refractivity contribution in [2.75, 3.05) is 34.8 Å². The molecule has 42 heavy (non-hydrogen) atoms. The summed E-state index contributed by atoms with van der Waals surface area (Å²) in [5.74, 6) is -2.09. The summed E-state index contributed by atoms with van der Waals surface area (Å²) in [7, 11) is 1.13. The lowest BCUT2D eigenvalue weighted by atomic mass is 9.93. The van der Waals surface area contributed by atoms with Crippen LogP contribution in [0.5, 0.6) is 0 Å². The molecule has 0 radical (unpaired) electrons. The van der Waals surface area contributed by atoms with Gasteiger partial charge >= 0.3 is 6.18 Å². The summed E-state index contributed by atoms with van der Waals surface area (Å²) in [6.07, 6.45) is -0.856. The Bertz CT molecular complexity index is 1650. The lowest BCUT2D eigenvalue weighted by Crippen LogP contribution is -2.55. The molecule has 8 nitrogen and oxygen atoms in total. The van der Waals surface area contributed by atoms with Gasteiger partial charge < -0.3 is 19.7 Å². The van der Waals surface area contributed by atoms with Crippen LogP contribution < -0.4 is 15.1 Å². The first kappa shape index (κ1) is 27.4. The summed E-state index contributed by atoms with van der Waals surface area (Å²) in [4.78, 5) is 38.9. The number of halogens is 4. The summed E-state index contributed by atoms with van der Waals surface area (Å²) in [6.45, 7) is 2.02. The van der Waals surface area contributed by atoms with Gasteiger partial charge in [-0.25, -0.2) is 14.4 Å². The first-order valence-electron chi connectivity index (χ1n) is 13.4. The monoisotopic (exact) mass is 578 g/mol. The molecule has 2 aliphatic rings. The number of carbonyl (C=O) groups is 2. The van der Waals surface area contributed by atoms with Gasteiger partial charge in [-0.05, 0) is 48.2 Å². The number of amides is 1. The molecule has 0 saturated carbocycles. The number of aryl methyl sites for hydroxylation is 1. The van der Waals surface area contributed by atoms with Gasteiger partial charge in [0.05, 0.1) is 12.4 Å². The van der Waals surface area contributed by atoms with Crippen molar-refractivity contribution in [2.24, 2.45) is 7.05 Å². The Labute approximate surface area is 238 Å². The molecule has 1 N–H and O–H groups in total. The molecule has 216 valence electrons. The molecule has 6 rings (SSSR count). The van der Waals surface area contributed by atoms with Crippen LogP contribution in [0.2, 0.25) is 0 Å². The van der Waals surface area contributed by atoms with E-state index in [0.717, 1.165) is 54.2 Å². The number of piperazine rings is 1. The average Bonchev–Trinajstić information content (AvgIpc) is 3.34. The number of Topliss-reactive ketones (excluding diaryl/α,β-unsaturated/α-hetero) is 1. The highest BCUT2D eigenvalue weighted by atomic mass is 19.4. The topological polar surface area (TPSA) is 83.4 Å². The van der Waals surface area contributed by atoms with E-state index in [0.29, 0.717) is 36.8 Å². The molecule has 0 unspecified atom stereocenters. The van der Waals surface area contributed by atoms with Crippen molar-refractivity contribution in [3.63, 3.8) is 0 Å². The molecule has 12 heteroatoms. The summed E-state index contributed by atoms with van der Waals surface area (Å²) in [5.41, 5.74) is 1.46. The smallest absolute Gasteiger partial charge is 0.365 e. The van der Waals surface area contributed by atoms with Crippen LogP contribution in [0, 0.1) is 5.82 Å². The van der Waals surface area contributed by atoms with Crippen molar-refractivity contribution in [1.29, 1.82) is 0 Å². The zero-order valence-corrected chi connectivity index (χ0v) is 22.5. The second-order valence-corrected chi connectivity index (χ2v) is 10.4. The molecular formula is C30H26F4N6O2. The van der Waals surface area contributed by atoms with Crippen LogP contribution in [0.1, 0.15) is 28.2 Å². The summed E-state index contributed by atoms with van der Waals surface area (Å²) in [6, 6.07) is 14.7. The second-order valence-electron chi connectivity index (χ2n) is 10.4. The molecule has 1 amide bonds. The number of hydrogen-bond donors (Lipinski definition) is 1. The minimum absolute atomic E-state index is 0.0345. The molecule has 1 fully saturated rings. The largest absolute Gasteiger partial charge is 0.431 e. The van der Waals surface area contributed by atoms with E-state index in [1.165, 1.54) is 0 Å². The molecule has 2 aliphatic heterocycles. The van der Waals surface area contributed by atoms with Crippen LogP contribution in [0.4, 0.5) is 34.9 Å². The van der Waals surface area contributed by atoms with Crippen molar-refractivity contribution in [2.45, 2.75) is 25.1 Å². The van der Waals surface area contributed by atoms with Crippen LogP contribution in [0.3, 0.4) is 0 Å². The quantitative estimate of drug-likeness (QED) is 0.202. The van der Waals surface area contributed by atoms with E-state index in [2.05, 4.69) is 20.2 Å². The molecule has 1 atom stereocenters. The van der Waals surface area contributed by atoms with E-state index in [9.17, 15) is 27.2 Å². The predicted octanol–water partition coefficient (Wildman–Crippen LogP) is 5.10. The van der Waals surface area contributed by atoms with Crippen LogP contribution in [0.25, 0.3) is 11.1 Å². The number of rotatable bonds is 5. The third kappa shape index (κ3) is 5.08. The molecule has 0 spiro atoms. The standard InChI is InChI=1S/C30H26F4N6O2/c1-38-25(30(32,33)34)14-23(18-5-3-2-4-6-18)26(38)27(41)28(42)37-21-8-10-24-19(13-21)7-9-22-17-39(11-12-40(22)24)29-35-15-20(31)16-36-29/h2-6,8,10,13-16,22H,7,9,11-12,17H2,1H3,(H,37,42)/t22-/m1/s1. The Morgan fingerprint density at radius 3 is 2.45 bits per heavy atom. The van der Waals surface area contributed by atoms with Gasteiger partial charge in [0.2, 0.25) is 5.95 Å². The number of benzene rings is 2. The molecule has 2 aromatic heterocycles. The predicted molar refractivity (Wildman–Crippen MR) is 149 cm³/mol. The number of nitrogens with one attached hydrogen (secondary N) is 1. The minimum Gasteiger partial charge on any atom is -0.365 e. The lowest BCUT2D eigenvalue weighted by Gasteiger charge is -2.46. The zero-order chi connectivity index (χ0) is 29.6. The Kier molecular flexibility index (Phi) is 6.91. The molecule has 1 saturated heterocycles. The highest BCUT2D eigenvalue weighted by Crippen LogP contribution is 2.37. The third-order valence-corrected chi connectivity index (χ3v) is 7.80. The van der Waals surface area contributed by atoms with Crippen LogP contribution >= 0.6 is 0 Å². The van der Waals surface area contributed by atoms with E-state index >= 15 is 0 Å². The van der Waals surface area contributed by atoms with Gasteiger partial charge in [-0.15, -0.1) is 0 Å². The Hall–Kier alpha value is -4.74. The van der Waals surface area contributed by atoms with E-state index in [-0.39, 0.29) is 17.3 Å². The zero-order valence-electron chi connectivity index (χ0n) is 22.5. The van der Waals surface area contributed by atoms with Crippen molar-refractivity contribution in [3.8, 4) is 11.1 Å². The normalized spacial score (nSPS) is 16.5. The highest BCUT2D eigenvalue weighted by molar-refractivity contribution is 6.47. The number of hydrogen-bond acceptors (Lipinski definition) is 6. The highest BCUT2D eigenvalue weighted by Gasteiger charge is 2.38. The first-order valence-corrected chi connectivity index (χ1v) is 13.4. The van der Waals surface area contributed by atoms with Crippen molar-refractivity contribution >= 4 is 29.0 Å². The van der Waals surface area contributed by atoms with Gasteiger partial charge in [0.15, 0.2) is 5.82 Å². The van der Waals surface area contributed by atoms with Crippen molar-refractivity contribution < 1.29 is 27.2 Å². The molecule has 2 aromatic carbocycles. The SMILES string of the molecule is Cn1c(C(F)(F)F)cc(-c2ccccc2)c1C(=O)C(=O)Nc1ccc2c(c1)CC[C@@H]1CN(c3ncc(F)cn3)CCN21. The van der Waals surface area contributed by atoms with E-state index in [4.69, 9.17) is 0 Å².